The van der Waals surface area contributed by atoms with Crippen molar-refractivity contribution in [2.45, 2.75) is 43.5 Å². The van der Waals surface area contributed by atoms with E-state index in [4.69, 9.17) is 9.51 Å². The summed E-state index contributed by atoms with van der Waals surface area (Å²) in [6, 6.07) is 13.0. The average Bonchev–Trinajstić information content (AvgIpc) is 3.23. The van der Waals surface area contributed by atoms with Gasteiger partial charge in [-0.3, -0.25) is 9.36 Å². The zero-order valence-electron chi connectivity index (χ0n) is 16.7. The molecule has 0 aliphatic rings. The molecule has 4 rings (SSSR count). The van der Waals surface area contributed by atoms with Crippen molar-refractivity contribution in [1.29, 1.82) is 0 Å². The summed E-state index contributed by atoms with van der Waals surface area (Å²) in [5.41, 5.74) is 0.935. The van der Waals surface area contributed by atoms with E-state index >= 15 is 0 Å². The van der Waals surface area contributed by atoms with E-state index in [0.29, 0.717) is 33.5 Å². The third-order valence-corrected chi connectivity index (χ3v) is 5.74. The van der Waals surface area contributed by atoms with Crippen LogP contribution in [0.2, 0.25) is 0 Å². The summed E-state index contributed by atoms with van der Waals surface area (Å²) in [5.74, 6) is 0.800. The summed E-state index contributed by atoms with van der Waals surface area (Å²) in [7, 11) is 0. The second kappa shape index (κ2) is 8.79. The number of aromatic nitrogens is 4. The van der Waals surface area contributed by atoms with E-state index in [9.17, 15) is 9.18 Å². The molecule has 2 aromatic carbocycles. The molecule has 8 heteroatoms. The lowest BCUT2D eigenvalue weighted by atomic mass is 10.2. The first-order chi connectivity index (χ1) is 14.6. The lowest BCUT2D eigenvalue weighted by Crippen LogP contribution is -2.22. The maximum absolute atomic E-state index is 13.4. The molecule has 0 N–H and O–H groups in total. The highest BCUT2D eigenvalue weighted by Crippen LogP contribution is 2.34. The molecule has 0 aliphatic heterocycles. The molecule has 30 heavy (non-hydrogen) atoms. The Kier molecular flexibility index (Phi) is 5.94. The van der Waals surface area contributed by atoms with Crippen molar-refractivity contribution in [2.24, 2.45) is 0 Å². The molecule has 1 unspecified atom stereocenters. The molecule has 0 spiro atoms. The first-order valence-corrected chi connectivity index (χ1v) is 10.7. The minimum Gasteiger partial charge on any atom is -0.338 e. The first kappa shape index (κ1) is 20.3. The van der Waals surface area contributed by atoms with E-state index in [1.807, 2.05) is 13.0 Å². The van der Waals surface area contributed by atoms with Crippen molar-refractivity contribution in [3.8, 4) is 5.69 Å². The normalized spacial score (nSPS) is 12.4. The molecule has 0 amide bonds. The highest BCUT2D eigenvalue weighted by molar-refractivity contribution is 7.99. The summed E-state index contributed by atoms with van der Waals surface area (Å²) in [4.78, 5) is 22.4. The van der Waals surface area contributed by atoms with Crippen LogP contribution in [0, 0.1) is 5.82 Å². The van der Waals surface area contributed by atoms with E-state index in [-0.39, 0.29) is 16.6 Å². The number of unbranched alkanes of at least 4 members (excludes halogenated alkanes) is 1. The highest BCUT2D eigenvalue weighted by Gasteiger charge is 2.21. The van der Waals surface area contributed by atoms with Gasteiger partial charge in [0, 0.05) is 6.42 Å². The number of nitrogens with zero attached hydrogens (tertiary/aromatic N) is 4. The third-order valence-electron chi connectivity index (χ3n) is 4.70. The number of para-hydroxylation sites is 1. The van der Waals surface area contributed by atoms with E-state index in [0.717, 1.165) is 19.3 Å². The largest absolute Gasteiger partial charge is 0.338 e. The zero-order valence-corrected chi connectivity index (χ0v) is 17.5. The fraction of sp³-hybridized carbons (Fsp3) is 0.273. The van der Waals surface area contributed by atoms with Crippen molar-refractivity contribution in [1.82, 2.24) is 19.7 Å². The van der Waals surface area contributed by atoms with Gasteiger partial charge in [-0.15, -0.1) is 0 Å². The Morgan fingerprint density at radius 3 is 2.67 bits per heavy atom. The van der Waals surface area contributed by atoms with Crippen LogP contribution < -0.4 is 5.56 Å². The minimum atomic E-state index is -0.367. The van der Waals surface area contributed by atoms with Crippen LogP contribution >= 0.6 is 11.8 Å². The molecular formula is C22H21FN4O2S. The van der Waals surface area contributed by atoms with Crippen molar-refractivity contribution < 1.29 is 8.91 Å². The second-order valence-electron chi connectivity index (χ2n) is 6.94. The third kappa shape index (κ3) is 4.14. The molecule has 1 atom stereocenters. The number of fused-ring (bicyclic) bond motifs is 1. The smallest absolute Gasteiger partial charge is 0.266 e. The molecule has 0 aliphatic carbocycles. The SMILES string of the molecule is CCCCc1noc(C(C)Sc2nc3ccccc3c(=O)n2-c2ccc(F)cc2)n1. The summed E-state index contributed by atoms with van der Waals surface area (Å²) in [6.45, 7) is 4.04. The quantitative estimate of drug-likeness (QED) is 0.303. The number of hydrogen-bond acceptors (Lipinski definition) is 6. The van der Waals surface area contributed by atoms with Crippen molar-refractivity contribution in [2.75, 3.05) is 0 Å². The predicted octanol–water partition coefficient (Wildman–Crippen LogP) is 5.10. The van der Waals surface area contributed by atoms with Crippen LogP contribution in [0.15, 0.2) is 63.0 Å². The van der Waals surface area contributed by atoms with Crippen LogP contribution in [0.25, 0.3) is 16.6 Å². The Bertz CT molecular complexity index is 1220. The fourth-order valence-corrected chi connectivity index (χ4v) is 4.04. The number of halogens is 1. The highest BCUT2D eigenvalue weighted by atomic mass is 32.2. The lowest BCUT2D eigenvalue weighted by Gasteiger charge is -2.14. The van der Waals surface area contributed by atoms with Crippen LogP contribution in [0.5, 0.6) is 0 Å². The van der Waals surface area contributed by atoms with Gasteiger partial charge in [-0.05, 0) is 49.7 Å². The average molecular weight is 425 g/mol. The van der Waals surface area contributed by atoms with Crippen molar-refractivity contribution in [3.63, 3.8) is 0 Å². The standard InChI is InChI=1S/C22H21FN4O2S/c1-3-4-9-19-25-20(29-26-19)14(2)30-22-24-18-8-6-5-7-17(18)21(28)27(22)16-12-10-15(23)11-13-16/h5-8,10-14H,3-4,9H2,1-2H3. The van der Waals surface area contributed by atoms with E-state index < -0.39 is 0 Å². The van der Waals surface area contributed by atoms with Crippen LogP contribution in [-0.4, -0.2) is 19.7 Å². The molecule has 2 heterocycles. The maximum atomic E-state index is 13.4. The number of thioether (sulfide) groups is 1. The van der Waals surface area contributed by atoms with Gasteiger partial charge in [0.15, 0.2) is 11.0 Å². The molecule has 0 saturated heterocycles. The lowest BCUT2D eigenvalue weighted by molar-refractivity contribution is 0.374. The fourth-order valence-electron chi connectivity index (χ4n) is 3.09. The Morgan fingerprint density at radius 2 is 1.90 bits per heavy atom. The van der Waals surface area contributed by atoms with Crippen LogP contribution in [-0.2, 0) is 6.42 Å². The summed E-state index contributed by atoms with van der Waals surface area (Å²) >= 11 is 1.35. The minimum absolute atomic E-state index is 0.212. The predicted molar refractivity (Wildman–Crippen MR) is 114 cm³/mol. The van der Waals surface area contributed by atoms with Gasteiger partial charge in [0.05, 0.1) is 21.8 Å². The molecule has 0 radical (unpaired) electrons. The van der Waals surface area contributed by atoms with Gasteiger partial charge >= 0.3 is 0 Å². The molecule has 0 saturated carbocycles. The number of rotatable bonds is 7. The number of aryl methyl sites for hydroxylation is 1. The van der Waals surface area contributed by atoms with E-state index in [2.05, 4.69) is 17.1 Å². The van der Waals surface area contributed by atoms with Gasteiger partial charge in [-0.1, -0.05) is 42.4 Å². The summed E-state index contributed by atoms with van der Waals surface area (Å²) < 4.78 is 20.4. The summed E-state index contributed by atoms with van der Waals surface area (Å²) in [6.07, 6.45) is 2.82. The van der Waals surface area contributed by atoms with Crippen LogP contribution in [0.4, 0.5) is 4.39 Å². The van der Waals surface area contributed by atoms with Gasteiger partial charge in [0.2, 0.25) is 5.89 Å². The Labute approximate surface area is 177 Å². The van der Waals surface area contributed by atoms with Gasteiger partial charge in [-0.2, -0.15) is 4.98 Å². The molecular weight excluding hydrogens is 403 g/mol. The van der Waals surface area contributed by atoms with E-state index in [1.165, 1.54) is 28.5 Å². The molecule has 0 bridgehead atoms. The molecule has 2 aromatic heterocycles. The topological polar surface area (TPSA) is 73.8 Å². The van der Waals surface area contributed by atoms with E-state index in [1.54, 1.807) is 30.3 Å². The molecule has 0 fully saturated rings. The molecule has 6 nitrogen and oxygen atoms in total. The maximum Gasteiger partial charge on any atom is 0.266 e. The second-order valence-corrected chi connectivity index (χ2v) is 8.25. The first-order valence-electron chi connectivity index (χ1n) is 9.83. The van der Waals surface area contributed by atoms with Crippen LogP contribution in [0.1, 0.15) is 43.7 Å². The number of hydrogen-bond donors (Lipinski definition) is 0. The summed E-state index contributed by atoms with van der Waals surface area (Å²) in [5, 5.41) is 4.81. The Balaban J connectivity index is 1.75. The molecule has 4 aromatic rings. The Morgan fingerprint density at radius 1 is 1.13 bits per heavy atom. The van der Waals surface area contributed by atoms with Gasteiger partial charge in [-0.25, -0.2) is 9.37 Å². The van der Waals surface area contributed by atoms with Crippen molar-refractivity contribution >= 4 is 22.7 Å². The Hall–Kier alpha value is -3.00. The monoisotopic (exact) mass is 424 g/mol. The van der Waals surface area contributed by atoms with Gasteiger partial charge in [0.25, 0.3) is 5.56 Å². The van der Waals surface area contributed by atoms with Gasteiger partial charge < -0.3 is 4.52 Å². The van der Waals surface area contributed by atoms with Crippen molar-refractivity contribution in [3.05, 3.63) is 76.4 Å². The molecule has 154 valence electrons. The zero-order chi connectivity index (χ0) is 21.1. The van der Waals surface area contributed by atoms with Crippen LogP contribution in [0.3, 0.4) is 0 Å². The van der Waals surface area contributed by atoms with Gasteiger partial charge in [0.1, 0.15) is 5.82 Å². The number of benzene rings is 2.